The molecule has 0 bridgehead atoms. The Bertz CT molecular complexity index is 768. The molecule has 1 aromatic heterocycles. The zero-order valence-electron chi connectivity index (χ0n) is 11.3. The molecule has 112 valence electrons. The van der Waals surface area contributed by atoms with Crippen LogP contribution in [0.5, 0.6) is 5.75 Å². The second kappa shape index (κ2) is 5.87. The molecule has 0 spiro atoms. The van der Waals surface area contributed by atoms with E-state index in [9.17, 15) is 13.2 Å². The van der Waals surface area contributed by atoms with Crippen molar-refractivity contribution >= 4 is 27.2 Å². The van der Waals surface area contributed by atoms with Crippen LogP contribution >= 0.6 is 11.6 Å². The number of nitrogens with zero attached hydrogens (tertiary/aromatic N) is 1. The number of sulfone groups is 1. The van der Waals surface area contributed by atoms with Gasteiger partial charge in [0.25, 0.3) is 0 Å². The summed E-state index contributed by atoms with van der Waals surface area (Å²) in [5, 5.41) is 3.48. The lowest BCUT2D eigenvalue weighted by atomic mass is 10.1. The minimum absolute atomic E-state index is 0.0260. The van der Waals surface area contributed by atoms with Crippen molar-refractivity contribution in [3.8, 4) is 5.75 Å². The monoisotopic (exact) mass is 329 g/mol. The van der Waals surface area contributed by atoms with Crippen LogP contribution in [-0.4, -0.2) is 32.7 Å². The van der Waals surface area contributed by atoms with Crippen molar-refractivity contribution in [2.45, 2.75) is 11.3 Å². The van der Waals surface area contributed by atoms with E-state index >= 15 is 0 Å². The second-order valence-electron chi connectivity index (χ2n) is 4.36. The fourth-order valence-corrected chi connectivity index (χ4v) is 3.07. The summed E-state index contributed by atoms with van der Waals surface area (Å²) in [5.41, 5.74) is 0.782. The van der Waals surface area contributed by atoms with Gasteiger partial charge in [0, 0.05) is 23.8 Å². The number of carbonyl (C=O) groups is 1. The van der Waals surface area contributed by atoms with Crippen molar-refractivity contribution in [2.75, 3.05) is 13.4 Å². The predicted molar refractivity (Wildman–Crippen MR) is 75.7 cm³/mol. The minimum atomic E-state index is -3.51. The summed E-state index contributed by atoms with van der Waals surface area (Å²) >= 11 is 6.11. The highest BCUT2D eigenvalue weighted by molar-refractivity contribution is 7.90. The third-order valence-corrected chi connectivity index (χ3v) is 4.31. The minimum Gasteiger partial charge on any atom is -0.494 e. The summed E-state index contributed by atoms with van der Waals surface area (Å²) in [6.45, 7) is 0. The number of benzene rings is 1. The second-order valence-corrected chi connectivity index (χ2v) is 6.73. The SMILES string of the molecule is COc1c(S(C)(=O)=O)ccc(C(=O)Cc2cnoc2)c1Cl. The normalized spacial score (nSPS) is 11.4. The Morgan fingerprint density at radius 3 is 2.67 bits per heavy atom. The Balaban J connectivity index is 2.44. The van der Waals surface area contributed by atoms with Gasteiger partial charge < -0.3 is 9.26 Å². The quantitative estimate of drug-likeness (QED) is 0.781. The number of rotatable bonds is 5. The molecule has 1 heterocycles. The number of halogens is 1. The van der Waals surface area contributed by atoms with Crippen molar-refractivity contribution in [1.29, 1.82) is 0 Å². The van der Waals surface area contributed by atoms with Crippen LogP contribution in [0.15, 0.2) is 34.0 Å². The summed E-state index contributed by atoms with van der Waals surface area (Å²) in [4.78, 5) is 12.1. The van der Waals surface area contributed by atoms with Gasteiger partial charge in [-0.15, -0.1) is 0 Å². The van der Waals surface area contributed by atoms with Crippen LogP contribution in [0.1, 0.15) is 15.9 Å². The Kier molecular flexibility index (Phi) is 4.34. The van der Waals surface area contributed by atoms with E-state index in [2.05, 4.69) is 9.68 Å². The van der Waals surface area contributed by atoms with Gasteiger partial charge in [0.05, 0.1) is 18.3 Å². The maximum Gasteiger partial charge on any atom is 0.179 e. The summed E-state index contributed by atoms with van der Waals surface area (Å²) in [6, 6.07) is 2.68. The van der Waals surface area contributed by atoms with E-state index < -0.39 is 9.84 Å². The maximum absolute atomic E-state index is 12.2. The van der Waals surface area contributed by atoms with Gasteiger partial charge in [-0.25, -0.2) is 8.42 Å². The largest absolute Gasteiger partial charge is 0.494 e. The number of ketones is 1. The number of carbonyl (C=O) groups excluding carboxylic acids is 1. The molecule has 0 aliphatic rings. The summed E-state index contributed by atoms with van der Waals surface area (Å²) < 4.78 is 33.0. The van der Waals surface area contributed by atoms with E-state index in [4.69, 9.17) is 16.3 Å². The molecular formula is C13H12ClNO5S. The third kappa shape index (κ3) is 3.25. The first-order valence-corrected chi connectivity index (χ1v) is 8.09. The van der Waals surface area contributed by atoms with E-state index in [-0.39, 0.29) is 33.4 Å². The van der Waals surface area contributed by atoms with Crippen LogP contribution in [0.4, 0.5) is 0 Å². The number of aromatic nitrogens is 1. The molecule has 0 amide bonds. The third-order valence-electron chi connectivity index (χ3n) is 2.81. The van der Waals surface area contributed by atoms with Gasteiger partial charge in [-0.05, 0) is 12.1 Å². The molecule has 0 aliphatic carbocycles. The van der Waals surface area contributed by atoms with Crippen molar-refractivity contribution in [1.82, 2.24) is 5.16 Å². The fourth-order valence-electron chi connectivity index (χ4n) is 1.83. The molecule has 8 heteroatoms. The van der Waals surface area contributed by atoms with Crippen LogP contribution in [0.3, 0.4) is 0 Å². The zero-order valence-corrected chi connectivity index (χ0v) is 12.9. The van der Waals surface area contributed by atoms with Crippen molar-refractivity contribution in [2.24, 2.45) is 0 Å². The molecule has 6 nitrogen and oxygen atoms in total. The maximum atomic E-state index is 12.2. The summed E-state index contributed by atoms with van der Waals surface area (Å²) in [5.74, 6) is -0.322. The molecule has 0 N–H and O–H groups in total. The molecule has 21 heavy (non-hydrogen) atoms. The van der Waals surface area contributed by atoms with Crippen molar-refractivity contribution in [3.63, 3.8) is 0 Å². The predicted octanol–water partition coefficient (Wildman–Crippen LogP) is 2.17. The van der Waals surface area contributed by atoms with Crippen molar-refractivity contribution in [3.05, 3.63) is 40.7 Å². The molecular weight excluding hydrogens is 318 g/mol. The standard InChI is InChI=1S/C13H12ClNO5S/c1-19-13-11(21(2,17)18)4-3-9(12(13)14)10(16)5-8-6-15-20-7-8/h3-4,6-7H,5H2,1-2H3. The molecule has 0 saturated heterocycles. The fraction of sp³-hybridized carbons (Fsp3) is 0.231. The van der Waals surface area contributed by atoms with Gasteiger partial charge in [-0.1, -0.05) is 16.8 Å². The lowest BCUT2D eigenvalue weighted by Crippen LogP contribution is -2.08. The van der Waals surface area contributed by atoms with Gasteiger partial charge in [-0.2, -0.15) is 0 Å². The Morgan fingerprint density at radius 1 is 1.43 bits per heavy atom. The first kappa shape index (κ1) is 15.5. The van der Waals surface area contributed by atoms with Crippen LogP contribution < -0.4 is 4.74 Å². The Labute approximate surface area is 126 Å². The molecule has 0 unspecified atom stereocenters. The van der Waals surface area contributed by atoms with E-state index in [0.717, 1.165) is 6.26 Å². The van der Waals surface area contributed by atoms with Gasteiger partial charge in [-0.3, -0.25) is 4.79 Å². The van der Waals surface area contributed by atoms with Gasteiger partial charge in [0.1, 0.15) is 11.2 Å². The Morgan fingerprint density at radius 2 is 2.14 bits per heavy atom. The molecule has 2 rings (SSSR count). The van der Waals surface area contributed by atoms with Gasteiger partial charge >= 0.3 is 0 Å². The highest BCUT2D eigenvalue weighted by Gasteiger charge is 2.22. The molecule has 0 aliphatic heterocycles. The Hall–Kier alpha value is -1.86. The van der Waals surface area contributed by atoms with Crippen LogP contribution in [0.25, 0.3) is 0 Å². The first-order chi connectivity index (χ1) is 9.84. The summed E-state index contributed by atoms with van der Waals surface area (Å²) in [7, 11) is -2.21. The number of hydrogen-bond donors (Lipinski definition) is 0. The van der Waals surface area contributed by atoms with Gasteiger partial charge in [0.2, 0.25) is 0 Å². The average molecular weight is 330 g/mol. The zero-order chi connectivity index (χ0) is 15.6. The smallest absolute Gasteiger partial charge is 0.179 e. The van der Waals surface area contributed by atoms with E-state index in [1.807, 2.05) is 0 Å². The topological polar surface area (TPSA) is 86.5 Å². The lowest BCUT2D eigenvalue weighted by molar-refractivity contribution is 0.0992. The van der Waals surface area contributed by atoms with E-state index in [0.29, 0.717) is 5.56 Å². The molecule has 0 saturated carbocycles. The van der Waals surface area contributed by atoms with E-state index in [1.54, 1.807) is 0 Å². The first-order valence-electron chi connectivity index (χ1n) is 5.82. The highest BCUT2D eigenvalue weighted by atomic mass is 35.5. The number of hydrogen-bond acceptors (Lipinski definition) is 6. The lowest BCUT2D eigenvalue weighted by Gasteiger charge is -2.11. The van der Waals surface area contributed by atoms with E-state index in [1.165, 1.54) is 31.7 Å². The van der Waals surface area contributed by atoms with Crippen molar-refractivity contribution < 1.29 is 22.5 Å². The van der Waals surface area contributed by atoms with Crippen LogP contribution in [0, 0.1) is 0 Å². The van der Waals surface area contributed by atoms with Crippen LogP contribution in [-0.2, 0) is 16.3 Å². The highest BCUT2D eigenvalue weighted by Crippen LogP contribution is 2.35. The summed E-state index contributed by atoms with van der Waals surface area (Å²) in [6.07, 6.45) is 3.87. The number of methoxy groups -OCH3 is 1. The molecule has 1 aromatic carbocycles. The molecule has 0 fully saturated rings. The average Bonchev–Trinajstić information content (AvgIpc) is 2.89. The van der Waals surface area contributed by atoms with Gasteiger partial charge in [0.15, 0.2) is 21.4 Å². The molecule has 0 radical (unpaired) electrons. The number of ether oxygens (including phenoxy) is 1. The number of Topliss-reactive ketones (excluding diaryl/α,β-unsaturated/α-hetero) is 1. The molecule has 0 atom stereocenters. The van der Waals surface area contributed by atoms with Crippen LogP contribution in [0.2, 0.25) is 5.02 Å². The molecule has 2 aromatic rings.